The van der Waals surface area contributed by atoms with Gasteiger partial charge in [-0.15, -0.1) is 0 Å². The van der Waals surface area contributed by atoms with E-state index in [9.17, 15) is 44.3 Å². The molecule has 0 aliphatic rings. The average Bonchev–Trinajstić information content (AvgIpc) is 2.49. The van der Waals surface area contributed by atoms with Crippen molar-refractivity contribution >= 4 is 5.69 Å². The molecule has 0 saturated carbocycles. The largest absolute Gasteiger partial charge is 0.435 e. The van der Waals surface area contributed by atoms with Gasteiger partial charge in [-0.3, -0.25) is 9.36 Å². The van der Waals surface area contributed by atoms with Gasteiger partial charge in [0.1, 0.15) is 11.5 Å². The fraction of sp³-hybridized carbons (Fsp3) is 0.286. The molecule has 0 unspecified atom stereocenters. The molecule has 0 atom stereocenters. The van der Waals surface area contributed by atoms with Gasteiger partial charge in [-0.2, -0.15) is 39.5 Å². The van der Waals surface area contributed by atoms with Crippen molar-refractivity contribution in [3.63, 3.8) is 0 Å². The Kier molecular flexibility index (Phi) is 4.70. The van der Waals surface area contributed by atoms with Crippen molar-refractivity contribution in [2.75, 3.05) is 5.73 Å². The molecule has 0 amide bonds. The van der Waals surface area contributed by atoms with Crippen LogP contribution in [0, 0.1) is 0 Å². The zero-order valence-corrected chi connectivity index (χ0v) is 13.0. The summed E-state index contributed by atoms with van der Waals surface area (Å²) in [7, 11) is 0.791. The second-order valence-electron chi connectivity index (χ2n) is 5.32. The van der Waals surface area contributed by atoms with Gasteiger partial charge >= 0.3 is 18.5 Å². The van der Waals surface area contributed by atoms with Gasteiger partial charge in [0.25, 0.3) is 5.56 Å². The smallest absolute Gasteiger partial charge is 0.392 e. The van der Waals surface area contributed by atoms with Crippen LogP contribution in [0.5, 0.6) is 0 Å². The number of anilines is 1. The van der Waals surface area contributed by atoms with Gasteiger partial charge in [-0.1, -0.05) is 6.07 Å². The van der Waals surface area contributed by atoms with Gasteiger partial charge in [0.05, 0.1) is 11.1 Å². The molecule has 2 rings (SSSR count). The van der Waals surface area contributed by atoms with Crippen molar-refractivity contribution in [3.05, 3.63) is 45.4 Å². The summed E-state index contributed by atoms with van der Waals surface area (Å²) in [6.07, 6.45) is -15.8. The number of nitrogens with two attached hydrogens (primary N) is 1. The number of rotatable bonds is 1. The highest BCUT2D eigenvalue weighted by molar-refractivity contribution is 5.64. The van der Waals surface area contributed by atoms with Gasteiger partial charge < -0.3 is 5.73 Å². The van der Waals surface area contributed by atoms with Gasteiger partial charge in [-0.25, -0.2) is 4.98 Å². The molecule has 0 aliphatic heterocycles. The molecule has 1 heterocycles. The van der Waals surface area contributed by atoms with Crippen LogP contribution < -0.4 is 11.3 Å². The quantitative estimate of drug-likeness (QED) is 0.728. The van der Waals surface area contributed by atoms with Crippen LogP contribution in [0.1, 0.15) is 16.8 Å². The maximum Gasteiger partial charge on any atom is 0.435 e. The molecule has 148 valence electrons. The number of nitrogen functional groups attached to an aromatic ring is 1. The van der Waals surface area contributed by atoms with Crippen LogP contribution >= 0.6 is 0 Å². The van der Waals surface area contributed by atoms with E-state index in [-0.39, 0.29) is 12.1 Å². The monoisotopic (exact) mass is 405 g/mol. The molecule has 0 spiro atoms. The van der Waals surface area contributed by atoms with Crippen LogP contribution in [0.2, 0.25) is 0 Å². The fourth-order valence-electron chi connectivity index (χ4n) is 2.23. The number of halogens is 9. The lowest BCUT2D eigenvalue weighted by Gasteiger charge is -2.18. The summed E-state index contributed by atoms with van der Waals surface area (Å²) in [6, 6.07) is 0.259. The summed E-state index contributed by atoms with van der Waals surface area (Å²) in [6.45, 7) is 0. The van der Waals surface area contributed by atoms with E-state index >= 15 is 0 Å². The minimum Gasteiger partial charge on any atom is -0.392 e. The van der Waals surface area contributed by atoms with Crippen LogP contribution in [0.15, 0.2) is 23.0 Å². The number of nitrogens with zero attached hydrogens (tertiary/aromatic N) is 2. The van der Waals surface area contributed by atoms with Crippen molar-refractivity contribution in [2.24, 2.45) is 7.05 Å². The van der Waals surface area contributed by atoms with Crippen molar-refractivity contribution in [1.82, 2.24) is 9.55 Å². The van der Waals surface area contributed by atoms with Crippen LogP contribution in [0.3, 0.4) is 0 Å². The van der Waals surface area contributed by atoms with Crippen LogP contribution in [0.25, 0.3) is 11.4 Å². The Hall–Kier alpha value is -2.73. The SMILES string of the molecule is Cn1c(-c2ccc(C(F)(F)F)cc2C(F)(F)F)nc(C(F)(F)F)c(N)c1=O. The van der Waals surface area contributed by atoms with E-state index in [4.69, 9.17) is 5.73 Å². The molecule has 0 saturated heterocycles. The zero-order valence-electron chi connectivity index (χ0n) is 13.0. The molecular weight excluding hydrogens is 397 g/mol. The third-order valence-electron chi connectivity index (χ3n) is 3.49. The Morgan fingerprint density at radius 1 is 0.926 bits per heavy atom. The molecule has 13 heteroatoms. The molecule has 0 aliphatic carbocycles. The highest BCUT2D eigenvalue weighted by atomic mass is 19.4. The predicted molar refractivity (Wildman–Crippen MR) is 74.3 cm³/mol. The summed E-state index contributed by atoms with van der Waals surface area (Å²) in [5.74, 6) is -1.14. The minimum absolute atomic E-state index is 0.236. The first-order chi connectivity index (χ1) is 12.0. The third-order valence-corrected chi connectivity index (χ3v) is 3.49. The number of benzene rings is 1. The highest BCUT2D eigenvalue weighted by Gasteiger charge is 2.41. The van der Waals surface area contributed by atoms with Crippen LogP contribution in [-0.4, -0.2) is 9.55 Å². The molecular formula is C14H8F9N3O. The molecule has 0 radical (unpaired) electrons. The number of hydrogen-bond donors (Lipinski definition) is 1. The average molecular weight is 405 g/mol. The summed E-state index contributed by atoms with van der Waals surface area (Å²) < 4.78 is 117. The van der Waals surface area contributed by atoms with E-state index in [0.717, 1.165) is 7.05 Å². The van der Waals surface area contributed by atoms with E-state index in [1.54, 1.807) is 0 Å². The van der Waals surface area contributed by atoms with E-state index < -0.39 is 58.0 Å². The third kappa shape index (κ3) is 3.85. The molecule has 4 nitrogen and oxygen atoms in total. The minimum atomic E-state index is -5.37. The summed E-state index contributed by atoms with van der Waals surface area (Å²) in [5, 5.41) is 0. The maximum atomic E-state index is 13.2. The molecule has 2 N–H and O–H groups in total. The topological polar surface area (TPSA) is 60.9 Å². The normalized spacial score (nSPS) is 13.1. The first kappa shape index (κ1) is 20.6. The molecule has 2 aromatic rings. The summed E-state index contributed by atoms with van der Waals surface area (Å²) in [5.41, 5.74) is -4.47. The van der Waals surface area contributed by atoms with Gasteiger partial charge in [0.2, 0.25) is 0 Å². The number of aromatic nitrogens is 2. The lowest BCUT2D eigenvalue weighted by atomic mass is 10.0. The fourth-order valence-corrected chi connectivity index (χ4v) is 2.23. The lowest BCUT2D eigenvalue weighted by Crippen LogP contribution is -2.29. The van der Waals surface area contributed by atoms with E-state index in [1.165, 1.54) is 0 Å². The molecule has 1 aromatic heterocycles. The molecule has 27 heavy (non-hydrogen) atoms. The first-order valence-electron chi connectivity index (χ1n) is 6.77. The highest BCUT2D eigenvalue weighted by Crippen LogP contribution is 2.41. The standard InChI is InChI=1S/C14H8F9N3O/c1-26-10(25-9(14(21,22)23)8(24)11(26)27)6-3-2-5(12(15,16)17)4-7(6)13(18,19)20/h2-4H,24H2,1H3. The second kappa shape index (κ2) is 6.16. The second-order valence-corrected chi connectivity index (χ2v) is 5.32. The van der Waals surface area contributed by atoms with Gasteiger partial charge in [0, 0.05) is 12.6 Å². The summed E-state index contributed by atoms with van der Waals surface area (Å²) in [4.78, 5) is 14.8. The van der Waals surface area contributed by atoms with Crippen molar-refractivity contribution in [2.45, 2.75) is 18.5 Å². The molecule has 1 aromatic carbocycles. The van der Waals surface area contributed by atoms with Crippen molar-refractivity contribution < 1.29 is 39.5 Å². The van der Waals surface area contributed by atoms with Crippen LogP contribution in [-0.2, 0) is 25.6 Å². The van der Waals surface area contributed by atoms with Crippen molar-refractivity contribution in [3.8, 4) is 11.4 Å². The van der Waals surface area contributed by atoms with E-state index in [0.29, 0.717) is 10.6 Å². The van der Waals surface area contributed by atoms with E-state index in [2.05, 4.69) is 4.98 Å². The Labute approximate surface area is 144 Å². The Balaban J connectivity index is 2.90. The van der Waals surface area contributed by atoms with Gasteiger partial charge in [0.15, 0.2) is 5.69 Å². The van der Waals surface area contributed by atoms with E-state index in [1.807, 2.05) is 0 Å². The maximum absolute atomic E-state index is 13.2. The van der Waals surface area contributed by atoms with Crippen LogP contribution in [0.4, 0.5) is 45.2 Å². The lowest BCUT2D eigenvalue weighted by molar-refractivity contribution is -0.142. The molecule has 0 fully saturated rings. The Bertz CT molecular complexity index is 939. The Morgan fingerprint density at radius 2 is 1.48 bits per heavy atom. The zero-order chi connectivity index (χ0) is 20.9. The number of alkyl halides is 9. The first-order valence-corrected chi connectivity index (χ1v) is 6.77. The molecule has 0 bridgehead atoms. The predicted octanol–water partition coefficient (Wildman–Crippen LogP) is 4.09. The Morgan fingerprint density at radius 3 is 1.93 bits per heavy atom. The van der Waals surface area contributed by atoms with Crippen molar-refractivity contribution in [1.29, 1.82) is 0 Å². The number of hydrogen-bond acceptors (Lipinski definition) is 3. The summed E-state index contributed by atoms with van der Waals surface area (Å²) >= 11 is 0. The van der Waals surface area contributed by atoms with Gasteiger partial charge in [-0.05, 0) is 12.1 Å².